The SMILES string of the molecule is CN1C(=O)C(C(=N)c2ccc(F)cc2)=C(O)CC1c1ccc(F)cc1. The zero-order valence-corrected chi connectivity index (χ0v) is 13.5. The summed E-state index contributed by atoms with van der Waals surface area (Å²) in [6, 6.07) is 10.4. The van der Waals surface area contributed by atoms with Gasteiger partial charge in [0.05, 0.1) is 11.8 Å². The molecule has 2 N–H and O–H groups in total. The molecule has 2 aromatic rings. The van der Waals surface area contributed by atoms with Gasteiger partial charge in [-0.25, -0.2) is 8.78 Å². The van der Waals surface area contributed by atoms with Gasteiger partial charge in [-0.1, -0.05) is 12.1 Å². The molecule has 3 rings (SSSR count). The van der Waals surface area contributed by atoms with E-state index >= 15 is 0 Å². The van der Waals surface area contributed by atoms with Crippen molar-refractivity contribution in [3.05, 3.63) is 82.6 Å². The first-order valence-corrected chi connectivity index (χ1v) is 7.68. The van der Waals surface area contributed by atoms with Crippen LogP contribution in [0.2, 0.25) is 0 Å². The number of nitrogens with one attached hydrogen (secondary N) is 1. The predicted octanol–water partition coefficient (Wildman–Crippen LogP) is 3.75. The number of aliphatic hydroxyl groups is 1. The van der Waals surface area contributed by atoms with Gasteiger partial charge >= 0.3 is 0 Å². The number of likely N-dealkylation sites (N-methyl/N-ethyl adjacent to an activating group) is 1. The maximum absolute atomic E-state index is 13.1. The number of hydrogen-bond donors (Lipinski definition) is 2. The van der Waals surface area contributed by atoms with Crippen LogP contribution in [0.25, 0.3) is 0 Å². The molecule has 1 aliphatic heterocycles. The molecule has 4 nitrogen and oxygen atoms in total. The number of benzene rings is 2. The number of halogens is 2. The molecule has 1 atom stereocenters. The van der Waals surface area contributed by atoms with Gasteiger partial charge in [-0.05, 0) is 42.0 Å². The second-order valence-corrected chi connectivity index (χ2v) is 5.89. The largest absolute Gasteiger partial charge is 0.511 e. The van der Waals surface area contributed by atoms with E-state index in [9.17, 15) is 18.7 Å². The Morgan fingerprint density at radius 1 is 1.08 bits per heavy atom. The van der Waals surface area contributed by atoms with E-state index in [1.54, 1.807) is 19.2 Å². The maximum Gasteiger partial charge on any atom is 0.259 e. The second kappa shape index (κ2) is 6.47. The summed E-state index contributed by atoms with van der Waals surface area (Å²) in [7, 11) is 1.57. The minimum absolute atomic E-state index is 0.104. The zero-order chi connectivity index (χ0) is 18.1. The van der Waals surface area contributed by atoms with Crippen LogP contribution < -0.4 is 0 Å². The highest BCUT2D eigenvalue weighted by molar-refractivity contribution is 6.27. The number of rotatable bonds is 3. The van der Waals surface area contributed by atoms with Gasteiger partial charge in [0.25, 0.3) is 5.91 Å². The Labute approximate surface area is 143 Å². The fourth-order valence-electron chi connectivity index (χ4n) is 2.90. The Morgan fingerprint density at radius 2 is 1.60 bits per heavy atom. The van der Waals surface area contributed by atoms with Crippen molar-refractivity contribution in [1.29, 1.82) is 5.41 Å². The summed E-state index contributed by atoms with van der Waals surface area (Å²) in [5.41, 5.74) is 0.764. The Balaban J connectivity index is 1.94. The Kier molecular flexibility index (Phi) is 4.35. The molecule has 128 valence electrons. The number of aliphatic hydroxyl groups excluding tert-OH is 1. The van der Waals surface area contributed by atoms with E-state index in [0.29, 0.717) is 11.1 Å². The molecule has 25 heavy (non-hydrogen) atoms. The number of nitrogens with zero attached hydrogens (tertiary/aromatic N) is 1. The molecule has 6 heteroatoms. The summed E-state index contributed by atoms with van der Waals surface area (Å²) in [6.07, 6.45) is 0.118. The van der Waals surface area contributed by atoms with Gasteiger partial charge in [-0.15, -0.1) is 0 Å². The quantitative estimate of drug-likeness (QED) is 0.835. The first kappa shape index (κ1) is 16.8. The minimum Gasteiger partial charge on any atom is -0.511 e. The van der Waals surface area contributed by atoms with Crippen molar-refractivity contribution >= 4 is 11.6 Å². The molecule has 1 aliphatic rings. The van der Waals surface area contributed by atoms with E-state index in [0.717, 1.165) is 0 Å². The van der Waals surface area contributed by atoms with E-state index in [-0.39, 0.29) is 29.3 Å². The van der Waals surface area contributed by atoms with Crippen LogP contribution in [-0.2, 0) is 4.79 Å². The molecule has 1 heterocycles. The van der Waals surface area contributed by atoms with Gasteiger partial charge in [0, 0.05) is 19.0 Å². The van der Waals surface area contributed by atoms with Crippen LogP contribution in [0.4, 0.5) is 8.78 Å². The van der Waals surface area contributed by atoms with Crippen LogP contribution in [0, 0.1) is 17.0 Å². The highest BCUT2D eigenvalue weighted by atomic mass is 19.1. The third-order valence-electron chi connectivity index (χ3n) is 4.31. The second-order valence-electron chi connectivity index (χ2n) is 5.89. The summed E-state index contributed by atoms with van der Waals surface area (Å²) < 4.78 is 26.1. The third-order valence-corrected chi connectivity index (χ3v) is 4.31. The van der Waals surface area contributed by atoms with Gasteiger partial charge in [0.2, 0.25) is 0 Å². The van der Waals surface area contributed by atoms with Crippen LogP contribution >= 0.6 is 0 Å². The summed E-state index contributed by atoms with van der Waals surface area (Å²) in [5.74, 6) is -1.54. The van der Waals surface area contributed by atoms with E-state index in [4.69, 9.17) is 5.41 Å². The number of hydrogen-bond acceptors (Lipinski definition) is 3. The maximum atomic E-state index is 13.1. The molecule has 0 saturated carbocycles. The Bertz CT molecular complexity index is 858. The summed E-state index contributed by atoms with van der Waals surface area (Å²) >= 11 is 0. The van der Waals surface area contributed by atoms with E-state index in [2.05, 4.69) is 0 Å². The van der Waals surface area contributed by atoms with Gasteiger partial charge in [0.15, 0.2) is 0 Å². The molecule has 0 bridgehead atoms. The van der Waals surface area contributed by atoms with Crippen molar-refractivity contribution in [2.75, 3.05) is 7.05 Å². The van der Waals surface area contributed by atoms with Gasteiger partial charge in [-0.2, -0.15) is 0 Å². The monoisotopic (exact) mass is 342 g/mol. The summed E-state index contributed by atoms with van der Waals surface area (Å²) in [5, 5.41) is 18.6. The smallest absolute Gasteiger partial charge is 0.259 e. The molecule has 0 saturated heterocycles. The van der Waals surface area contributed by atoms with Crippen LogP contribution in [0.3, 0.4) is 0 Å². The van der Waals surface area contributed by atoms with E-state index in [1.165, 1.54) is 41.3 Å². The molecule has 0 aliphatic carbocycles. The standard InChI is InChI=1S/C19H16F2N2O2/c1-23-15(11-2-6-13(20)7-3-11)10-16(24)17(19(23)25)18(22)12-4-8-14(21)9-5-12/h2-9,15,22,24H,10H2,1H3. The van der Waals surface area contributed by atoms with Crippen molar-refractivity contribution in [2.24, 2.45) is 0 Å². The molecule has 0 spiro atoms. The van der Waals surface area contributed by atoms with Crippen molar-refractivity contribution in [3.63, 3.8) is 0 Å². The van der Waals surface area contributed by atoms with Crippen molar-refractivity contribution in [1.82, 2.24) is 4.90 Å². The zero-order valence-electron chi connectivity index (χ0n) is 13.5. The lowest BCUT2D eigenvalue weighted by Gasteiger charge is -2.34. The van der Waals surface area contributed by atoms with Crippen LogP contribution in [0.5, 0.6) is 0 Å². The fraction of sp³-hybridized carbons (Fsp3) is 0.158. The Morgan fingerprint density at radius 3 is 2.16 bits per heavy atom. The van der Waals surface area contributed by atoms with Crippen molar-refractivity contribution in [3.8, 4) is 0 Å². The van der Waals surface area contributed by atoms with Gasteiger partial charge in [-0.3, -0.25) is 10.2 Å². The van der Waals surface area contributed by atoms with Crippen molar-refractivity contribution in [2.45, 2.75) is 12.5 Å². The molecule has 0 aromatic heterocycles. The lowest BCUT2D eigenvalue weighted by Crippen LogP contribution is -2.39. The Hall–Kier alpha value is -3.02. The molecule has 1 unspecified atom stereocenters. The van der Waals surface area contributed by atoms with E-state index < -0.39 is 17.8 Å². The van der Waals surface area contributed by atoms with Gasteiger partial charge < -0.3 is 10.0 Å². The van der Waals surface area contributed by atoms with Gasteiger partial charge in [0.1, 0.15) is 23.0 Å². The lowest BCUT2D eigenvalue weighted by atomic mass is 9.90. The first-order valence-electron chi connectivity index (χ1n) is 7.68. The molecule has 1 amide bonds. The predicted molar refractivity (Wildman–Crippen MR) is 89.4 cm³/mol. The van der Waals surface area contributed by atoms with Crippen LogP contribution in [-0.4, -0.2) is 28.7 Å². The normalized spacial score (nSPS) is 17.8. The molecule has 2 aromatic carbocycles. The minimum atomic E-state index is -0.507. The highest BCUT2D eigenvalue weighted by Crippen LogP contribution is 2.34. The highest BCUT2D eigenvalue weighted by Gasteiger charge is 2.35. The number of carbonyl (C=O) groups is 1. The number of amides is 1. The average molecular weight is 342 g/mol. The lowest BCUT2D eigenvalue weighted by molar-refractivity contribution is -0.128. The van der Waals surface area contributed by atoms with Crippen LogP contribution in [0.15, 0.2) is 59.9 Å². The number of carbonyl (C=O) groups excluding carboxylic acids is 1. The van der Waals surface area contributed by atoms with E-state index in [1.807, 2.05) is 0 Å². The topological polar surface area (TPSA) is 64.4 Å². The average Bonchev–Trinajstić information content (AvgIpc) is 2.59. The molecular weight excluding hydrogens is 326 g/mol. The summed E-state index contributed by atoms with van der Waals surface area (Å²) in [6.45, 7) is 0. The molecule has 0 radical (unpaired) electrons. The molecule has 0 fully saturated rings. The molecular formula is C19H16F2N2O2. The first-order chi connectivity index (χ1) is 11.9. The third kappa shape index (κ3) is 3.15. The van der Waals surface area contributed by atoms with Crippen LogP contribution in [0.1, 0.15) is 23.6 Å². The van der Waals surface area contributed by atoms with Crippen molar-refractivity contribution < 1.29 is 18.7 Å². The fourth-order valence-corrected chi connectivity index (χ4v) is 2.90. The summed E-state index contributed by atoms with van der Waals surface area (Å²) in [4.78, 5) is 14.1.